The number of Topliss-reactive ketones (excluding diaryl/α,β-unsaturated/α-hetero) is 1. The number of furan rings is 1. The normalized spacial score (nSPS) is 15.2. The van der Waals surface area contributed by atoms with E-state index in [9.17, 15) is 19.8 Å². The molecule has 0 aliphatic carbocycles. The predicted molar refractivity (Wildman–Crippen MR) is 147 cm³/mol. The number of hydrogen-bond acceptors (Lipinski definition) is 8. The average molecular weight is 564 g/mol. The van der Waals surface area contributed by atoms with Crippen molar-refractivity contribution in [2.75, 3.05) is 20.8 Å². The number of halogens is 1. The van der Waals surface area contributed by atoms with Crippen molar-refractivity contribution < 1.29 is 38.4 Å². The van der Waals surface area contributed by atoms with Crippen molar-refractivity contribution in [1.29, 1.82) is 0 Å². The van der Waals surface area contributed by atoms with Crippen molar-refractivity contribution in [3.63, 3.8) is 0 Å². The summed E-state index contributed by atoms with van der Waals surface area (Å²) < 4.78 is 22.1. The second-order valence-electron chi connectivity index (χ2n) is 9.08. The first-order chi connectivity index (χ1) is 19.2. The van der Waals surface area contributed by atoms with Crippen LogP contribution in [0.15, 0.2) is 76.4 Å². The van der Waals surface area contributed by atoms with Gasteiger partial charge in [-0.25, -0.2) is 0 Å². The van der Waals surface area contributed by atoms with E-state index in [2.05, 4.69) is 0 Å². The van der Waals surface area contributed by atoms with E-state index in [-0.39, 0.29) is 36.0 Å². The van der Waals surface area contributed by atoms with Gasteiger partial charge in [0.05, 0.1) is 32.4 Å². The third-order valence-corrected chi connectivity index (χ3v) is 6.84. The first-order valence-electron chi connectivity index (χ1n) is 12.4. The predicted octanol–water partition coefficient (Wildman–Crippen LogP) is 5.99. The van der Waals surface area contributed by atoms with Crippen molar-refractivity contribution in [3.05, 3.63) is 93.9 Å². The Bertz CT molecular complexity index is 1660. The van der Waals surface area contributed by atoms with Crippen molar-refractivity contribution >= 4 is 34.3 Å². The standard InChI is InChI=1S/C30H26ClNO8/c1-4-39-22-12-17(8-9-21(22)33)26-25(27(34)23-13-18-11-19(31)14-24(38-3)29(18)40-23)28(35)30(36)32(26)15-16-6-5-7-20(10-16)37-2/h5-14,26,33,35H,4,15H2,1-3H3. The fraction of sp³-hybridized carbons (Fsp3) is 0.200. The molecule has 2 N–H and O–H groups in total. The highest BCUT2D eigenvalue weighted by molar-refractivity contribution is 6.31. The van der Waals surface area contributed by atoms with Crippen LogP contribution in [0.4, 0.5) is 0 Å². The Hall–Kier alpha value is -4.63. The molecule has 4 aromatic rings. The lowest BCUT2D eigenvalue weighted by molar-refractivity contribution is -0.130. The number of benzene rings is 3. The number of rotatable bonds is 9. The Morgan fingerprint density at radius 2 is 1.82 bits per heavy atom. The molecule has 0 saturated heterocycles. The van der Waals surface area contributed by atoms with Crippen molar-refractivity contribution in [1.82, 2.24) is 4.90 Å². The van der Waals surface area contributed by atoms with Crippen molar-refractivity contribution in [3.8, 4) is 23.0 Å². The van der Waals surface area contributed by atoms with Gasteiger partial charge >= 0.3 is 0 Å². The number of carbonyl (C=O) groups excluding carboxylic acids is 2. The van der Waals surface area contributed by atoms with Gasteiger partial charge in [-0.1, -0.05) is 29.8 Å². The number of fused-ring (bicyclic) bond motifs is 1. The minimum atomic E-state index is -1.02. The SMILES string of the molecule is CCOc1cc(C2C(C(=O)c3cc4cc(Cl)cc(OC)c4o3)=C(O)C(=O)N2Cc2cccc(OC)c2)ccc1O. The number of ether oxygens (including phenoxy) is 3. The summed E-state index contributed by atoms with van der Waals surface area (Å²) in [6.45, 7) is 2.10. The van der Waals surface area contributed by atoms with Gasteiger partial charge in [0.2, 0.25) is 5.78 Å². The molecular formula is C30H26ClNO8. The molecule has 40 heavy (non-hydrogen) atoms. The lowest BCUT2D eigenvalue weighted by Crippen LogP contribution is -2.30. The molecule has 5 rings (SSSR count). The third-order valence-electron chi connectivity index (χ3n) is 6.63. The summed E-state index contributed by atoms with van der Waals surface area (Å²) in [7, 11) is 2.99. The molecular weight excluding hydrogens is 538 g/mol. The second kappa shape index (κ2) is 10.9. The summed E-state index contributed by atoms with van der Waals surface area (Å²) in [4.78, 5) is 28.8. The van der Waals surface area contributed by atoms with E-state index in [1.54, 1.807) is 55.5 Å². The lowest BCUT2D eigenvalue weighted by atomic mass is 9.94. The van der Waals surface area contributed by atoms with Gasteiger partial charge in [-0.05, 0) is 54.4 Å². The van der Waals surface area contributed by atoms with Crippen LogP contribution in [0.3, 0.4) is 0 Å². The van der Waals surface area contributed by atoms with E-state index in [1.807, 2.05) is 0 Å². The molecule has 0 spiro atoms. The van der Waals surface area contributed by atoms with Gasteiger partial charge in [0.25, 0.3) is 5.91 Å². The van der Waals surface area contributed by atoms with Gasteiger partial charge in [0.1, 0.15) is 5.75 Å². The Kier molecular flexibility index (Phi) is 7.32. The van der Waals surface area contributed by atoms with Crippen LogP contribution in [0.1, 0.15) is 34.6 Å². The maximum Gasteiger partial charge on any atom is 0.290 e. The average Bonchev–Trinajstić information content (AvgIpc) is 3.48. The number of phenols is 1. The highest BCUT2D eigenvalue weighted by Crippen LogP contribution is 2.43. The highest BCUT2D eigenvalue weighted by atomic mass is 35.5. The molecule has 3 aromatic carbocycles. The molecule has 0 radical (unpaired) electrons. The van der Waals surface area contributed by atoms with Crippen LogP contribution in [-0.2, 0) is 11.3 Å². The number of aromatic hydroxyl groups is 1. The van der Waals surface area contributed by atoms with Crippen LogP contribution >= 0.6 is 11.6 Å². The molecule has 1 unspecified atom stereocenters. The van der Waals surface area contributed by atoms with Gasteiger partial charge < -0.3 is 33.7 Å². The summed E-state index contributed by atoms with van der Waals surface area (Å²) in [5.41, 5.74) is 1.28. The molecule has 0 fully saturated rings. The number of carbonyl (C=O) groups is 2. The summed E-state index contributed by atoms with van der Waals surface area (Å²) in [6, 6.07) is 15.3. The van der Waals surface area contributed by atoms with E-state index in [0.29, 0.717) is 38.6 Å². The van der Waals surface area contributed by atoms with Crippen molar-refractivity contribution in [2.24, 2.45) is 0 Å². The molecule has 1 aliphatic rings. The van der Waals surface area contributed by atoms with E-state index < -0.39 is 23.5 Å². The summed E-state index contributed by atoms with van der Waals surface area (Å²) in [5.74, 6) is -1.24. The zero-order chi connectivity index (χ0) is 28.6. The minimum absolute atomic E-state index is 0.0515. The molecule has 0 saturated carbocycles. The van der Waals surface area contributed by atoms with E-state index >= 15 is 0 Å². The molecule has 10 heteroatoms. The summed E-state index contributed by atoms with van der Waals surface area (Å²) >= 11 is 6.19. The first kappa shape index (κ1) is 27.0. The number of nitrogens with zero attached hydrogens (tertiary/aromatic N) is 1. The molecule has 1 aromatic heterocycles. The molecule has 1 atom stereocenters. The van der Waals surface area contributed by atoms with Gasteiger partial charge in [0.15, 0.2) is 34.4 Å². The van der Waals surface area contributed by atoms with Crippen LogP contribution in [0.5, 0.6) is 23.0 Å². The lowest BCUT2D eigenvalue weighted by Gasteiger charge is -2.27. The number of hydrogen-bond donors (Lipinski definition) is 2. The minimum Gasteiger partial charge on any atom is -0.504 e. The molecule has 2 heterocycles. The summed E-state index contributed by atoms with van der Waals surface area (Å²) in [5, 5.41) is 22.3. The molecule has 9 nitrogen and oxygen atoms in total. The van der Waals surface area contributed by atoms with E-state index in [4.69, 9.17) is 30.2 Å². The molecule has 0 bridgehead atoms. The zero-order valence-electron chi connectivity index (χ0n) is 21.9. The Morgan fingerprint density at radius 3 is 2.55 bits per heavy atom. The number of aliphatic hydroxyl groups excluding tert-OH is 1. The maximum absolute atomic E-state index is 14.0. The third kappa shape index (κ3) is 4.80. The fourth-order valence-corrected chi connectivity index (χ4v) is 5.03. The van der Waals surface area contributed by atoms with Crippen LogP contribution in [-0.4, -0.2) is 47.6 Å². The van der Waals surface area contributed by atoms with Crippen molar-refractivity contribution in [2.45, 2.75) is 19.5 Å². The van der Waals surface area contributed by atoms with Crippen LogP contribution in [0.25, 0.3) is 11.0 Å². The van der Waals surface area contributed by atoms with Gasteiger partial charge in [-0.15, -0.1) is 0 Å². The van der Waals surface area contributed by atoms with E-state index in [1.165, 1.54) is 31.3 Å². The topological polar surface area (TPSA) is 119 Å². The fourth-order valence-electron chi connectivity index (χ4n) is 4.82. The van der Waals surface area contributed by atoms with Gasteiger partial charge in [-0.2, -0.15) is 0 Å². The summed E-state index contributed by atoms with van der Waals surface area (Å²) in [6.07, 6.45) is 0. The number of methoxy groups -OCH3 is 2. The number of phenolic OH excluding ortho intramolecular Hbond substituents is 1. The van der Waals surface area contributed by atoms with Crippen LogP contribution in [0.2, 0.25) is 5.02 Å². The zero-order valence-corrected chi connectivity index (χ0v) is 22.7. The Morgan fingerprint density at radius 1 is 1.02 bits per heavy atom. The Labute approximate surface area is 234 Å². The van der Waals surface area contributed by atoms with Gasteiger partial charge in [-0.3, -0.25) is 9.59 Å². The quantitative estimate of drug-likeness (QED) is 0.238. The Balaban J connectivity index is 1.63. The van der Waals surface area contributed by atoms with E-state index in [0.717, 1.165) is 0 Å². The number of amides is 1. The molecule has 1 amide bonds. The number of ketones is 1. The highest BCUT2D eigenvalue weighted by Gasteiger charge is 2.45. The molecule has 206 valence electrons. The monoisotopic (exact) mass is 563 g/mol. The molecule has 1 aliphatic heterocycles. The second-order valence-corrected chi connectivity index (χ2v) is 9.51. The van der Waals surface area contributed by atoms with Crippen LogP contribution in [0, 0.1) is 0 Å². The largest absolute Gasteiger partial charge is 0.504 e. The smallest absolute Gasteiger partial charge is 0.290 e. The maximum atomic E-state index is 14.0. The first-order valence-corrected chi connectivity index (χ1v) is 12.8. The van der Waals surface area contributed by atoms with Crippen LogP contribution < -0.4 is 14.2 Å². The number of aliphatic hydroxyl groups is 1. The van der Waals surface area contributed by atoms with Gasteiger partial charge in [0, 0.05) is 23.0 Å².